The van der Waals surface area contributed by atoms with Crippen molar-refractivity contribution >= 4 is 40.6 Å². The van der Waals surface area contributed by atoms with Gasteiger partial charge >= 0.3 is 0 Å². The molecule has 0 aliphatic carbocycles. The summed E-state index contributed by atoms with van der Waals surface area (Å²) in [5.41, 5.74) is 2.42. The Hall–Kier alpha value is -4.49. The summed E-state index contributed by atoms with van der Waals surface area (Å²) in [4.78, 5) is 46.2. The topological polar surface area (TPSA) is 75.7 Å². The number of amides is 1. The van der Waals surface area contributed by atoms with Gasteiger partial charge in [-0.05, 0) is 71.0 Å². The zero-order chi connectivity index (χ0) is 28.1. The van der Waals surface area contributed by atoms with E-state index in [0.29, 0.717) is 28.5 Å². The van der Waals surface area contributed by atoms with Crippen molar-refractivity contribution in [1.82, 2.24) is 4.90 Å². The maximum Gasteiger partial charge on any atom is 0.238 e. The lowest BCUT2D eigenvalue weighted by atomic mass is 9.63. The number of thiophene rings is 1. The molecule has 4 atom stereocenters. The minimum Gasteiger partial charge on any atom is -0.494 e. The molecule has 0 radical (unpaired) electrons. The van der Waals surface area contributed by atoms with Crippen molar-refractivity contribution in [2.45, 2.75) is 30.8 Å². The van der Waals surface area contributed by atoms with Crippen molar-refractivity contribution in [3.8, 4) is 5.75 Å². The fourth-order valence-corrected chi connectivity index (χ4v) is 7.54. The van der Waals surface area contributed by atoms with Gasteiger partial charge in [-0.2, -0.15) is 0 Å². The molecule has 0 unspecified atom stereocenters. The summed E-state index contributed by atoms with van der Waals surface area (Å²) in [6.07, 6.45) is 4.74. The molecule has 204 valence electrons. The lowest BCUT2D eigenvalue weighted by molar-refractivity contribution is -0.122. The van der Waals surface area contributed by atoms with Crippen LogP contribution in [-0.2, 0) is 10.2 Å². The normalized spacial score (nSPS) is 23.6. The number of para-hydroxylation sites is 1. The molecular weight excluding hydrogens is 532 g/mol. The maximum absolute atomic E-state index is 14.8. The number of fused-ring (bicyclic) bond motifs is 6. The summed E-state index contributed by atoms with van der Waals surface area (Å²) in [6.45, 7) is 2.61. The number of hydrogen-bond donors (Lipinski definition) is 1. The van der Waals surface area contributed by atoms with E-state index in [4.69, 9.17) is 4.74 Å². The highest BCUT2D eigenvalue weighted by molar-refractivity contribution is 7.12. The zero-order valence-corrected chi connectivity index (χ0v) is 23.3. The Balaban J connectivity index is 1.47. The van der Waals surface area contributed by atoms with E-state index in [1.165, 1.54) is 11.3 Å². The van der Waals surface area contributed by atoms with E-state index in [1.54, 1.807) is 30.3 Å². The quantitative estimate of drug-likeness (QED) is 0.261. The molecule has 0 bridgehead atoms. The van der Waals surface area contributed by atoms with Gasteiger partial charge in [0, 0.05) is 17.5 Å². The van der Waals surface area contributed by atoms with E-state index in [-0.39, 0.29) is 17.5 Å². The molecule has 7 rings (SSSR count). The van der Waals surface area contributed by atoms with E-state index >= 15 is 0 Å². The molecule has 3 aliphatic rings. The standard InChI is InChI=1S/C34H28N2O4S/c1-2-19-40-23-15-13-22(14-16-23)30(37)28-29(31(38)27-12-7-20-41-27)36-18-17-21-8-3-4-9-24(21)32(36)34(28)25-10-5-6-11-26(25)35-33(34)39/h3-18,20,28-29,32H,2,19H2,1H3,(H,35,39)/t28-,29+,32+,34+/m0/s1. The van der Waals surface area contributed by atoms with Gasteiger partial charge in [-0.15, -0.1) is 11.3 Å². The van der Waals surface area contributed by atoms with E-state index in [9.17, 15) is 14.4 Å². The number of anilines is 1. The van der Waals surface area contributed by atoms with Crippen LogP contribution in [0.4, 0.5) is 5.69 Å². The van der Waals surface area contributed by atoms with Gasteiger partial charge in [-0.25, -0.2) is 0 Å². The van der Waals surface area contributed by atoms with Crippen molar-refractivity contribution in [3.05, 3.63) is 124 Å². The molecule has 7 heteroatoms. The van der Waals surface area contributed by atoms with Crippen LogP contribution in [0.25, 0.3) is 6.08 Å². The largest absolute Gasteiger partial charge is 0.494 e. The number of ether oxygens (including phenoxy) is 1. The summed E-state index contributed by atoms with van der Waals surface area (Å²) >= 11 is 1.35. The summed E-state index contributed by atoms with van der Waals surface area (Å²) in [7, 11) is 0. The molecule has 1 amide bonds. The predicted octanol–water partition coefficient (Wildman–Crippen LogP) is 6.52. The molecule has 4 aromatic rings. The summed E-state index contributed by atoms with van der Waals surface area (Å²) in [6, 6.07) is 24.7. The second kappa shape index (κ2) is 9.85. The van der Waals surface area contributed by atoms with Gasteiger partial charge in [0.25, 0.3) is 0 Å². The second-order valence-electron chi connectivity index (χ2n) is 10.7. The molecule has 6 nitrogen and oxygen atoms in total. The highest BCUT2D eigenvalue weighted by atomic mass is 32.1. The monoisotopic (exact) mass is 560 g/mol. The molecule has 3 aromatic carbocycles. The van der Waals surface area contributed by atoms with Crippen molar-refractivity contribution in [2.24, 2.45) is 5.92 Å². The van der Waals surface area contributed by atoms with Gasteiger partial charge in [0.15, 0.2) is 11.6 Å². The van der Waals surface area contributed by atoms with E-state index in [2.05, 4.69) is 5.32 Å². The first-order valence-corrected chi connectivity index (χ1v) is 14.7. The molecule has 1 aromatic heterocycles. The Morgan fingerprint density at radius 2 is 1.73 bits per heavy atom. The first kappa shape index (κ1) is 25.5. The van der Waals surface area contributed by atoms with Crippen LogP contribution in [-0.4, -0.2) is 35.0 Å². The SMILES string of the molecule is CCCOc1ccc(C(=O)[C@@H]2[C@H](C(=O)c3cccs3)N3C=Cc4ccccc4[C@@H]3[C@]23C(=O)Nc2ccccc23)cc1. The highest BCUT2D eigenvalue weighted by Gasteiger charge is 2.70. The van der Waals surface area contributed by atoms with E-state index in [1.807, 2.05) is 84.1 Å². The fourth-order valence-electron chi connectivity index (χ4n) is 6.85. The van der Waals surface area contributed by atoms with E-state index < -0.39 is 23.4 Å². The Kier molecular flexibility index (Phi) is 6.12. The summed E-state index contributed by atoms with van der Waals surface area (Å²) in [5.74, 6) is -0.974. The van der Waals surface area contributed by atoms with Gasteiger partial charge < -0.3 is 15.0 Å². The fraction of sp³-hybridized carbons (Fsp3) is 0.206. The Bertz CT molecular complexity index is 1690. The molecule has 1 spiro atoms. The number of carbonyl (C=O) groups excluding carboxylic acids is 3. The first-order chi connectivity index (χ1) is 20.1. The number of rotatable bonds is 7. The number of carbonyl (C=O) groups is 3. The number of benzene rings is 3. The Labute approximate surface area is 242 Å². The van der Waals surface area contributed by atoms with Crippen LogP contribution in [0.15, 0.2) is 96.5 Å². The van der Waals surface area contributed by atoms with Gasteiger partial charge in [-0.3, -0.25) is 14.4 Å². The maximum atomic E-state index is 14.8. The molecule has 4 heterocycles. The van der Waals surface area contributed by atoms with Crippen LogP contribution < -0.4 is 10.1 Å². The smallest absolute Gasteiger partial charge is 0.238 e. The van der Waals surface area contributed by atoms with Gasteiger partial charge in [0.1, 0.15) is 17.2 Å². The lowest BCUT2D eigenvalue weighted by Crippen LogP contribution is -2.49. The van der Waals surface area contributed by atoms with Crippen LogP contribution in [0.3, 0.4) is 0 Å². The van der Waals surface area contributed by atoms with Crippen LogP contribution >= 0.6 is 11.3 Å². The average Bonchev–Trinajstić information content (AvgIpc) is 3.72. The van der Waals surface area contributed by atoms with Gasteiger partial charge in [0.2, 0.25) is 5.91 Å². The summed E-state index contributed by atoms with van der Waals surface area (Å²) < 4.78 is 5.75. The molecule has 1 fully saturated rings. The first-order valence-electron chi connectivity index (χ1n) is 13.9. The molecular formula is C34H28N2O4S. The van der Waals surface area contributed by atoms with Crippen molar-refractivity contribution in [3.63, 3.8) is 0 Å². The van der Waals surface area contributed by atoms with E-state index in [0.717, 1.165) is 23.1 Å². The predicted molar refractivity (Wildman–Crippen MR) is 159 cm³/mol. The third-order valence-corrected chi connectivity index (χ3v) is 9.38. The third-order valence-electron chi connectivity index (χ3n) is 8.50. The molecule has 0 saturated carbocycles. The number of nitrogens with one attached hydrogen (secondary N) is 1. The molecule has 41 heavy (non-hydrogen) atoms. The minimum absolute atomic E-state index is 0.163. The van der Waals surface area contributed by atoms with Gasteiger partial charge in [0.05, 0.1) is 23.4 Å². The van der Waals surface area contributed by atoms with Crippen molar-refractivity contribution < 1.29 is 19.1 Å². The van der Waals surface area contributed by atoms with Crippen LogP contribution in [0, 0.1) is 5.92 Å². The van der Waals surface area contributed by atoms with Crippen molar-refractivity contribution in [1.29, 1.82) is 0 Å². The van der Waals surface area contributed by atoms with Gasteiger partial charge in [-0.1, -0.05) is 55.5 Å². The molecule has 1 N–H and O–H groups in total. The van der Waals surface area contributed by atoms with Crippen LogP contribution in [0.1, 0.15) is 56.1 Å². The second-order valence-corrected chi connectivity index (χ2v) is 11.6. The number of Topliss-reactive ketones (excluding diaryl/α,β-unsaturated/α-hetero) is 2. The highest BCUT2D eigenvalue weighted by Crippen LogP contribution is 2.62. The number of ketones is 2. The summed E-state index contributed by atoms with van der Waals surface area (Å²) in [5, 5.41) is 4.95. The Morgan fingerprint density at radius 3 is 2.51 bits per heavy atom. The zero-order valence-electron chi connectivity index (χ0n) is 22.4. The number of nitrogens with zero attached hydrogens (tertiary/aromatic N) is 1. The van der Waals surface area contributed by atoms with Crippen LogP contribution in [0.2, 0.25) is 0 Å². The minimum atomic E-state index is -1.33. The van der Waals surface area contributed by atoms with Crippen molar-refractivity contribution in [2.75, 3.05) is 11.9 Å². The third kappa shape index (κ3) is 3.72. The molecule has 3 aliphatic heterocycles. The lowest BCUT2D eigenvalue weighted by Gasteiger charge is -2.38. The molecule has 1 saturated heterocycles. The average molecular weight is 561 g/mol. The van der Waals surface area contributed by atoms with Crippen LogP contribution in [0.5, 0.6) is 5.75 Å². The number of hydrogen-bond acceptors (Lipinski definition) is 6. The Morgan fingerprint density at radius 1 is 0.951 bits per heavy atom.